The lowest BCUT2D eigenvalue weighted by molar-refractivity contribution is -0.151. The number of hydrogen-bond acceptors (Lipinski definition) is 4. The highest BCUT2D eigenvalue weighted by atomic mass is 35.5. The number of rotatable bonds is 8. The lowest BCUT2D eigenvalue weighted by Gasteiger charge is -2.60. The molecule has 1 amide bonds. The fourth-order valence-electron chi connectivity index (χ4n) is 7.66. The average Bonchev–Trinajstić information content (AvgIpc) is 2.82. The molecular weight excluding hydrogens is 477 g/mol. The van der Waals surface area contributed by atoms with Crippen LogP contribution in [0.1, 0.15) is 57.1 Å². The number of hydrogen-bond donors (Lipinski definition) is 2. The van der Waals surface area contributed by atoms with Crippen molar-refractivity contribution in [2.45, 2.75) is 63.8 Å². The minimum Gasteiger partial charge on any atom is -0.354 e. The Labute approximate surface area is 217 Å². The van der Waals surface area contributed by atoms with Crippen molar-refractivity contribution in [3.05, 3.63) is 64.7 Å². The molecule has 6 rings (SSSR count). The van der Waals surface area contributed by atoms with Gasteiger partial charge in [0.25, 0.3) is 0 Å². The molecular formula is C29H35ClFN3O2. The number of carbonyl (C=O) groups excluding carboxylic acids is 2. The number of ketones is 1. The largest absolute Gasteiger partial charge is 0.354 e. The molecule has 0 saturated heterocycles. The van der Waals surface area contributed by atoms with Crippen molar-refractivity contribution < 1.29 is 14.0 Å². The van der Waals surface area contributed by atoms with Gasteiger partial charge in [0.1, 0.15) is 11.6 Å². The number of halogens is 2. The van der Waals surface area contributed by atoms with Crippen molar-refractivity contribution in [2.75, 3.05) is 6.54 Å². The lowest BCUT2D eigenvalue weighted by atomic mass is 9.44. The van der Waals surface area contributed by atoms with Crippen molar-refractivity contribution in [3.63, 3.8) is 0 Å². The highest BCUT2D eigenvalue weighted by Crippen LogP contribution is 2.63. The summed E-state index contributed by atoms with van der Waals surface area (Å²) in [5.41, 5.74) is 6.78. The number of benzene rings is 1. The van der Waals surface area contributed by atoms with Gasteiger partial charge in [0.2, 0.25) is 5.91 Å². The summed E-state index contributed by atoms with van der Waals surface area (Å²) < 4.78 is 14.5. The monoisotopic (exact) mass is 511 g/mol. The van der Waals surface area contributed by atoms with E-state index < -0.39 is 11.2 Å². The third-order valence-electron chi connectivity index (χ3n) is 9.22. The molecule has 4 fully saturated rings. The Kier molecular flexibility index (Phi) is 6.71. The molecule has 0 radical (unpaired) electrons. The van der Waals surface area contributed by atoms with Gasteiger partial charge < -0.3 is 11.1 Å². The van der Waals surface area contributed by atoms with Crippen molar-refractivity contribution in [1.82, 2.24) is 10.3 Å². The van der Waals surface area contributed by atoms with Crippen LogP contribution in [0.3, 0.4) is 0 Å². The van der Waals surface area contributed by atoms with Crippen LogP contribution in [0.15, 0.2) is 42.7 Å². The predicted octanol–water partition coefficient (Wildman–Crippen LogP) is 4.85. The summed E-state index contributed by atoms with van der Waals surface area (Å²) in [4.78, 5) is 30.7. The second-order valence-electron chi connectivity index (χ2n) is 11.9. The molecule has 0 spiro atoms. The normalized spacial score (nSPS) is 29.7. The number of nitrogens with two attached hydrogens (primary N) is 1. The van der Waals surface area contributed by atoms with Crippen LogP contribution >= 0.6 is 11.6 Å². The maximum absolute atomic E-state index is 14.5. The summed E-state index contributed by atoms with van der Waals surface area (Å²) in [5, 5.41) is 3.30. The van der Waals surface area contributed by atoms with Crippen molar-refractivity contribution in [2.24, 2.45) is 34.8 Å². The van der Waals surface area contributed by atoms with Gasteiger partial charge in [-0.3, -0.25) is 14.6 Å². The maximum atomic E-state index is 14.5. The topological polar surface area (TPSA) is 85.1 Å². The van der Waals surface area contributed by atoms with Crippen LogP contribution in [0.4, 0.5) is 4.39 Å². The number of nitrogens with zero attached hydrogens (tertiary/aromatic N) is 1. The van der Waals surface area contributed by atoms with Crippen LogP contribution in [0, 0.1) is 34.9 Å². The van der Waals surface area contributed by atoms with E-state index in [0.29, 0.717) is 53.0 Å². The first-order valence-corrected chi connectivity index (χ1v) is 13.4. The van der Waals surface area contributed by atoms with Crippen molar-refractivity contribution >= 4 is 23.3 Å². The minimum absolute atomic E-state index is 0.192. The van der Waals surface area contributed by atoms with Crippen LogP contribution in [-0.4, -0.2) is 29.3 Å². The molecule has 3 atom stereocenters. The van der Waals surface area contributed by atoms with Gasteiger partial charge in [-0.25, -0.2) is 4.39 Å². The molecule has 4 aliphatic carbocycles. The summed E-state index contributed by atoms with van der Waals surface area (Å²) in [7, 11) is 0. The van der Waals surface area contributed by atoms with E-state index in [2.05, 4.69) is 10.3 Å². The second kappa shape index (κ2) is 9.53. The Morgan fingerprint density at radius 1 is 1.17 bits per heavy atom. The molecule has 1 heterocycles. The van der Waals surface area contributed by atoms with E-state index in [0.717, 1.165) is 37.7 Å². The van der Waals surface area contributed by atoms with E-state index in [1.54, 1.807) is 38.4 Å². The summed E-state index contributed by atoms with van der Waals surface area (Å²) in [5.74, 6) is 1.31. The first-order valence-electron chi connectivity index (χ1n) is 13.0. The van der Waals surface area contributed by atoms with Crippen LogP contribution in [-0.2, 0) is 21.4 Å². The van der Waals surface area contributed by atoms with Gasteiger partial charge in [-0.1, -0.05) is 17.7 Å². The van der Waals surface area contributed by atoms with E-state index in [9.17, 15) is 14.0 Å². The highest BCUT2D eigenvalue weighted by Gasteiger charge is 2.58. The number of aromatic nitrogens is 1. The van der Waals surface area contributed by atoms with E-state index in [4.69, 9.17) is 17.3 Å². The first-order chi connectivity index (χ1) is 17.1. The summed E-state index contributed by atoms with van der Waals surface area (Å²) in [6.07, 6.45) is 9.00. The fourth-order valence-corrected chi connectivity index (χ4v) is 7.82. The van der Waals surface area contributed by atoms with Gasteiger partial charge in [0.05, 0.1) is 5.41 Å². The number of pyridine rings is 1. The smallest absolute Gasteiger partial charge is 0.230 e. The molecule has 4 aliphatic rings. The minimum atomic E-state index is -1.05. The van der Waals surface area contributed by atoms with Crippen LogP contribution in [0.5, 0.6) is 0 Å². The number of nitrogens with one attached hydrogen (secondary N) is 1. The van der Waals surface area contributed by atoms with E-state index in [1.807, 2.05) is 12.1 Å². The number of carbonyl (C=O) groups is 2. The molecule has 7 heteroatoms. The third kappa shape index (κ3) is 4.58. The number of Topliss-reactive ketones (excluding diaryl/α,β-unsaturated/α-hetero) is 1. The quantitative estimate of drug-likeness (QED) is 0.530. The van der Waals surface area contributed by atoms with E-state index in [1.165, 1.54) is 6.07 Å². The van der Waals surface area contributed by atoms with Gasteiger partial charge in [-0.15, -0.1) is 0 Å². The molecule has 3 N–H and O–H groups in total. The Morgan fingerprint density at radius 2 is 1.83 bits per heavy atom. The predicted molar refractivity (Wildman–Crippen MR) is 138 cm³/mol. The Hall–Kier alpha value is -2.31. The molecule has 0 aliphatic heterocycles. The van der Waals surface area contributed by atoms with Gasteiger partial charge in [0, 0.05) is 47.4 Å². The zero-order chi connectivity index (χ0) is 25.7. The molecule has 5 nitrogen and oxygen atoms in total. The van der Waals surface area contributed by atoms with Gasteiger partial charge in [-0.2, -0.15) is 0 Å². The average molecular weight is 512 g/mol. The molecule has 4 bridgehead atoms. The summed E-state index contributed by atoms with van der Waals surface area (Å²) >= 11 is 5.88. The fraction of sp³-hybridized carbons (Fsp3) is 0.552. The Bertz CT molecular complexity index is 1140. The molecule has 192 valence electrons. The molecule has 2 aromatic rings. The number of amides is 1. The Morgan fingerprint density at radius 3 is 2.47 bits per heavy atom. The summed E-state index contributed by atoms with van der Waals surface area (Å²) in [6.45, 7) is 3.76. The van der Waals surface area contributed by atoms with Crippen molar-refractivity contribution in [3.8, 4) is 0 Å². The van der Waals surface area contributed by atoms with E-state index in [-0.39, 0.29) is 17.4 Å². The zero-order valence-electron chi connectivity index (χ0n) is 21.0. The van der Waals surface area contributed by atoms with Crippen LogP contribution in [0.25, 0.3) is 0 Å². The van der Waals surface area contributed by atoms with Gasteiger partial charge in [0.15, 0.2) is 0 Å². The Balaban J connectivity index is 1.24. The highest BCUT2D eigenvalue weighted by molar-refractivity contribution is 6.30. The maximum Gasteiger partial charge on any atom is 0.230 e. The molecule has 36 heavy (non-hydrogen) atoms. The SMILES string of the molecule is CC(C)(C(=O)NCC(N)C1C2CC3CC1CC(C(=O)Cc1ccncc1)(C3)C2)c1ccc(Cl)cc1F. The second-order valence-corrected chi connectivity index (χ2v) is 12.3. The van der Waals surface area contributed by atoms with Crippen molar-refractivity contribution in [1.29, 1.82) is 0 Å². The lowest BCUT2D eigenvalue weighted by Crippen LogP contribution is -2.60. The van der Waals surface area contributed by atoms with E-state index >= 15 is 0 Å². The van der Waals surface area contributed by atoms with Crippen LogP contribution in [0.2, 0.25) is 5.02 Å². The molecule has 3 unspecified atom stereocenters. The summed E-state index contributed by atoms with van der Waals surface area (Å²) in [6, 6.07) is 8.06. The third-order valence-corrected chi connectivity index (χ3v) is 9.45. The standard InChI is InChI=1S/C29H35ClFN3O2/c1-28(2,22-4-3-21(30)12-23(22)31)27(36)34-16-24(32)26-19-9-18-10-20(26)15-29(13-18,14-19)25(35)11-17-5-7-33-8-6-17/h3-8,12,18-20,24,26H,9-11,13-16,32H2,1-2H3,(H,34,36). The molecule has 1 aromatic heterocycles. The molecule has 4 saturated carbocycles. The molecule has 1 aromatic carbocycles. The zero-order valence-corrected chi connectivity index (χ0v) is 21.7. The first kappa shape index (κ1) is 25.3. The van der Waals surface area contributed by atoms with Gasteiger partial charge >= 0.3 is 0 Å². The van der Waals surface area contributed by atoms with Crippen LogP contribution < -0.4 is 11.1 Å². The van der Waals surface area contributed by atoms with Gasteiger partial charge in [-0.05, 0) is 99.5 Å².